The number of anilines is 1. The summed E-state index contributed by atoms with van der Waals surface area (Å²) in [5.41, 5.74) is 6.52. The van der Waals surface area contributed by atoms with E-state index in [-0.39, 0.29) is 52.3 Å². The number of thiophene rings is 1. The quantitative estimate of drug-likeness (QED) is 0.0578. The fourth-order valence-electron chi connectivity index (χ4n) is 3.73. The molecule has 0 unspecified atom stereocenters. The first-order valence-corrected chi connectivity index (χ1v) is 14.8. The van der Waals surface area contributed by atoms with E-state index in [4.69, 9.17) is 25.1 Å². The average molecular weight is 724 g/mol. The Kier molecular flexibility index (Phi) is 11.4. The lowest BCUT2D eigenvalue weighted by molar-refractivity contribution is -0.380. The predicted octanol–water partition coefficient (Wildman–Crippen LogP) is 3.90. The largest absolute Gasteiger partial charge is 0.490 e. The molecule has 0 aliphatic heterocycles. The number of esters is 1. The van der Waals surface area contributed by atoms with E-state index in [1.807, 2.05) is 13.8 Å². The zero-order chi connectivity index (χ0) is 36.7. The monoisotopic (exact) mass is 723 g/mol. The topological polar surface area (TPSA) is 233 Å². The maximum atomic E-state index is 13.6. The lowest BCUT2D eigenvalue weighted by Gasteiger charge is -2.14. The molecular formula is C28H25F4N9O8S. The number of carbonyl (C=O) groups excluding carboxylic acids is 2. The van der Waals surface area contributed by atoms with Crippen molar-refractivity contribution >= 4 is 51.0 Å². The molecule has 5 aromatic rings. The van der Waals surface area contributed by atoms with Crippen molar-refractivity contribution in [1.29, 1.82) is 0 Å². The van der Waals surface area contributed by atoms with E-state index >= 15 is 0 Å². The Bertz CT molecular complexity index is 2010. The van der Waals surface area contributed by atoms with Gasteiger partial charge in [-0.25, -0.2) is 18.5 Å². The van der Waals surface area contributed by atoms with Gasteiger partial charge in [-0.05, 0) is 36.2 Å². The van der Waals surface area contributed by atoms with E-state index < -0.39 is 40.8 Å². The van der Waals surface area contributed by atoms with Crippen LogP contribution in [0.4, 0.5) is 28.4 Å². The van der Waals surface area contributed by atoms with Crippen molar-refractivity contribution in [2.24, 2.45) is 11.7 Å². The van der Waals surface area contributed by atoms with Gasteiger partial charge in [-0.15, -0.1) is 5.10 Å². The summed E-state index contributed by atoms with van der Waals surface area (Å²) >= 11 is 0.712. The zero-order valence-corrected chi connectivity index (χ0v) is 26.5. The van der Waals surface area contributed by atoms with Crippen LogP contribution >= 0.6 is 11.3 Å². The number of ether oxygens (including phenoxy) is 2. The van der Waals surface area contributed by atoms with Crippen LogP contribution in [-0.2, 0) is 14.3 Å². The molecule has 50 heavy (non-hydrogen) atoms. The fourth-order valence-corrected chi connectivity index (χ4v) is 4.45. The van der Waals surface area contributed by atoms with Crippen molar-refractivity contribution in [2.75, 3.05) is 18.5 Å². The Morgan fingerprint density at radius 2 is 1.78 bits per heavy atom. The third kappa shape index (κ3) is 9.10. The van der Waals surface area contributed by atoms with Crippen LogP contribution in [-0.4, -0.2) is 82.8 Å². The van der Waals surface area contributed by atoms with Crippen LogP contribution in [0.1, 0.15) is 23.5 Å². The normalized spacial score (nSPS) is 11.8. The van der Waals surface area contributed by atoms with Gasteiger partial charge in [0.2, 0.25) is 5.88 Å². The van der Waals surface area contributed by atoms with Crippen molar-refractivity contribution < 1.29 is 51.4 Å². The van der Waals surface area contributed by atoms with E-state index in [0.717, 1.165) is 0 Å². The minimum Gasteiger partial charge on any atom is -0.475 e. The van der Waals surface area contributed by atoms with Crippen molar-refractivity contribution in [3.63, 3.8) is 0 Å². The summed E-state index contributed by atoms with van der Waals surface area (Å²) in [6.45, 7) is 3.60. The van der Waals surface area contributed by atoms with Crippen LogP contribution in [0.3, 0.4) is 0 Å². The van der Waals surface area contributed by atoms with Gasteiger partial charge < -0.3 is 25.6 Å². The number of fused-ring (bicyclic) bond motifs is 1. The van der Waals surface area contributed by atoms with Gasteiger partial charge in [0, 0.05) is 18.3 Å². The van der Waals surface area contributed by atoms with Gasteiger partial charge in [0.15, 0.2) is 5.65 Å². The second kappa shape index (κ2) is 15.5. The highest BCUT2D eigenvalue weighted by molar-refractivity contribution is 7.17. The first-order valence-electron chi connectivity index (χ1n) is 14.0. The van der Waals surface area contributed by atoms with E-state index in [1.54, 1.807) is 0 Å². The van der Waals surface area contributed by atoms with Gasteiger partial charge >= 0.3 is 23.1 Å². The molecule has 0 aliphatic rings. The average Bonchev–Trinajstić information content (AvgIpc) is 3.83. The van der Waals surface area contributed by atoms with Crippen molar-refractivity contribution in [2.45, 2.75) is 26.1 Å². The van der Waals surface area contributed by atoms with Crippen LogP contribution < -0.4 is 15.8 Å². The lowest BCUT2D eigenvalue weighted by atomic mass is 10.1. The van der Waals surface area contributed by atoms with Crippen molar-refractivity contribution in [3.05, 3.63) is 75.7 Å². The molecule has 4 N–H and O–H groups in total. The van der Waals surface area contributed by atoms with Gasteiger partial charge in [-0.3, -0.25) is 19.7 Å². The number of hydrogen-bond donors (Lipinski definition) is 3. The third-order valence-electron chi connectivity index (χ3n) is 6.30. The summed E-state index contributed by atoms with van der Waals surface area (Å²) < 4.78 is 58.7. The summed E-state index contributed by atoms with van der Waals surface area (Å²) in [7, 11) is 0. The highest BCUT2D eigenvalue weighted by atomic mass is 32.1. The highest BCUT2D eigenvalue weighted by Crippen LogP contribution is 2.28. The van der Waals surface area contributed by atoms with Crippen molar-refractivity contribution in [1.82, 2.24) is 29.5 Å². The number of nitrogens with one attached hydrogen (secondary N) is 1. The SMILES string of the molecule is CC(C)[C@H](N)C(=O)OCCOc1ccn(-c2nc(NC(=O)c3ccc([N+](=O)[O-])s3)c3cnn(-c4ccc(F)cc4)c3n2)n1.O=C(O)C(F)(F)F. The number of halogens is 4. The number of nitro groups is 1. The van der Waals surface area contributed by atoms with Crippen LogP contribution in [0.25, 0.3) is 22.7 Å². The summed E-state index contributed by atoms with van der Waals surface area (Å²) in [5, 5.41) is 29.7. The molecule has 0 bridgehead atoms. The Labute approximate surface area is 281 Å². The van der Waals surface area contributed by atoms with Gasteiger partial charge in [-0.1, -0.05) is 25.2 Å². The van der Waals surface area contributed by atoms with Gasteiger partial charge in [0.1, 0.15) is 30.9 Å². The van der Waals surface area contributed by atoms with Crippen LogP contribution in [0.5, 0.6) is 5.88 Å². The molecule has 1 atom stereocenters. The summed E-state index contributed by atoms with van der Waals surface area (Å²) in [6, 6.07) is 8.92. The second-order valence-corrected chi connectivity index (χ2v) is 11.2. The molecule has 0 aliphatic carbocycles. The van der Waals surface area contributed by atoms with E-state index in [2.05, 4.69) is 25.5 Å². The maximum Gasteiger partial charge on any atom is 0.490 e. The number of nitrogens with zero attached hydrogens (tertiary/aromatic N) is 7. The molecule has 264 valence electrons. The van der Waals surface area contributed by atoms with Gasteiger partial charge in [0.05, 0.1) is 27.1 Å². The number of aliphatic carboxylic acids is 1. The highest BCUT2D eigenvalue weighted by Gasteiger charge is 2.38. The smallest absolute Gasteiger partial charge is 0.475 e. The number of aromatic nitrogens is 6. The number of benzene rings is 1. The van der Waals surface area contributed by atoms with E-state index in [9.17, 15) is 37.3 Å². The number of nitrogens with two attached hydrogens (primary N) is 1. The molecule has 1 aromatic carbocycles. The Morgan fingerprint density at radius 1 is 1.10 bits per heavy atom. The lowest BCUT2D eigenvalue weighted by Crippen LogP contribution is -2.37. The number of amides is 1. The molecule has 0 saturated heterocycles. The molecule has 0 fully saturated rings. The third-order valence-corrected chi connectivity index (χ3v) is 7.33. The van der Waals surface area contributed by atoms with Gasteiger partial charge in [0.25, 0.3) is 11.9 Å². The summed E-state index contributed by atoms with van der Waals surface area (Å²) in [6.07, 6.45) is -2.14. The number of carboxylic acid groups (broad SMARTS) is 1. The number of carbonyl (C=O) groups is 3. The first-order chi connectivity index (χ1) is 23.5. The Balaban J connectivity index is 0.000000727. The minimum atomic E-state index is -5.08. The number of carboxylic acids is 1. The molecule has 1 amide bonds. The molecule has 4 aromatic heterocycles. The van der Waals surface area contributed by atoms with Crippen molar-refractivity contribution in [3.8, 4) is 17.5 Å². The van der Waals surface area contributed by atoms with E-state index in [0.29, 0.717) is 22.4 Å². The minimum absolute atomic E-state index is 0.0130. The molecule has 4 heterocycles. The first kappa shape index (κ1) is 36.8. The fraction of sp³-hybridized carbons (Fsp3) is 0.250. The molecule has 0 radical (unpaired) electrons. The van der Waals surface area contributed by atoms with Crippen LogP contribution in [0.2, 0.25) is 0 Å². The molecule has 0 spiro atoms. The van der Waals surface area contributed by atoms with Gasteiger partial charge in [-0.2, -0.15) is 28.2 Å². The van der Waals surface area contributed by atoms with Crippen LogP contribution in [0, 0.1) is 21.8 Å². The Hall–Kier alpha value is -6.03. The zero-order valence-electron chi connectivity index (χ0n) is 25.7. The number of rotatable bonds is 11. The molecule has 22 heteroatoms. The maximum absolute atomic E-state index is 13.6. The number of hydrogen-bond acceptors (Lipinski definition) is 13. The summed E-state index contributed by atoms with van der Waals surface area (Å²) in [5.74, 6) is -4.17. The molecule has 5 rings (SSSR count). The second-order valence-electron chi connectivity index (χ2n) is 10.2. The number of alkyl halides is 3. The standard InChI is InChI=1S/C26H24FN9O6S.C2HF3O2/c1-14(2)21(28)25(38)42-12-11-41-19-9-10-34(33-19)26-31-22(30-24(37)18-7-8-20(43-18)36(39)40)17-13-29-35(23(17)32-26)16-5-3-15(27)4-6-16;3-2(4,5)1(6)7/h3-10,13-14,21H,11-12,28H2,1-2H3,(H,30,31,32,37);(H,6,7)/t21-;/m0./s1. The molecule has 0 saturated carbocycles. The van der Waals surface area contributed by atoms with Crippen LogP contribution in [0.15, 0.2) is 54.9 Å². The summed E-state index contributed by atoms with van der Waals surface area (Å²) in [4.78, 5) is 53.4. The molecular weight excluding hydrogens is 698 g/mol. The van der Waals surface area contributed by atoms with E-state index in [1.165, 1.54) is 64.2 Å². The molecule has 17 nitrogen and oxygen atoms in total. The predicted molar refractivity (Wildman–Crippen MR) is 166 cm³/mol. The Morgan fingerprint density at radius 3 is 2.38 bits per heavy atom.